The van der Waals surface area contributed by atoms with Crippen LogP contribution >= 0.6 is 0 Å². The maximum Gasteiger partial charge on any atom is 0.0288 e. The third kappa shape index (κ3) is 0.970. The molecule has 0 amide bonds. The fourth-order valence-electron chi connectivity index (χ4n) is 1.67. The molecule has 0 aromatic carbocycles. The predicted octanol–water partition coefficient (Wildman–Crippen LogP) is -0.0421. The van der Waals surface area contributed by atoms with Crippen LogP contribution in [0.25, 0.3) is 0 Å². The summed E-state index contributed by atoms with van der Waals surface area (Å²) in [5, 5.41) is 4.28. The molecule has 2 N–H and O–H groups in total. The van der Waals surface area contributed by atoms with E-state index in [2.05, 4.69) is 5.32 Å². The Morgan fingerprint density at radius 1 is 1.22 bits per heavy atom. The highest BCUT2D eigenvalue weighted by Crippen LogP contribution is 2.39. The normalized spacial score (nSPS) is 43.7. The molecule has 0 bridgehead atoms. The van der Waals surface area contributed by atoms with Gasteiger partial charge in [0.25, 0.3) is 0 Å². The van der Waals surface area contributed by atoms with Crippen LogP contribution in [0.2, 0.25) is 0 Å². The van der Waals surface area contributed by atoms with E-state index in [0.29, 0.717) is 6.04 Å². The van der Waals surface area contributed by atoms with Crippen LogP contribution in [0.4, 0.5) is 0 Å². The quantitative estimate of drug-likeness (QED) is 0.524. The summed E-state index contributed by atoms with van der Waals surface area (Å²) in [7, 11) is 0. The lowest BCUT2D eigenvalue weighted by molar-refractivity contribution is 0.454. The van der Waals surface area contributed by atoms with Crippen molar-refractivity contribution < 1.29 is 0 Å². The molecule has 2 unspecified atom stereocenters. The summed E-state index contributed by atoms with van der Waals surface area (Å²) in [6.07, 6.45) is 2.82. The maximum absolute atomic E-state index is 5.83. The summed E-state index contributed by atoms with van der Waals surface area (Å²) in [5.41, 5.74) is 5.83. The largest absolute Gasteiger partial charge is 0.326 e. The van der Waals surface area contributed by atoms with E-state index in [1.165, 1.54) is 12.8 Å². The molecule has 9 heavy (non-hydrogen) atoms. The fraction of sp³-hybridized carbons (Fsp3) is 1.00. The van der Waals surface area contributed by atoms with Crippen molar-refractivity contribution in [2.24, 2.45) is 17.6 Å². The SMILES string of the molecule is NC1C[N]CC1C1CC1. The second-order valence-electron chi connectivity index (χ2n) is 3.25. The summed E-state index contributed by atoms with van der Waals surface area (Å²) in [6, 6.07) is 0.400. The van der Waals surface area contributed by atoms with Gasteiger partial charge in [-0.25, -0.2) is 5.32 Å². The standard InChI is InChI=1S/C7H13N2/c8-7-4-9-3-6(7)5-1-2-5/h5-7H,1-4,8H2. The molecule has 2 nitrogen and oxygen atoms in total. The summed E-state index contributed by atoms with van der Waals surface area (Å²) in [6.45, 7) is 1.97. The van der Waals surface area contributed by atoms with Gasteiger partial charge in [-0.05, 0) is 24.7 Å². The van der Waals surface area contributed by atoms with Gasteiger partial charge in [0.1, 0.15) is 0 Å². The van der Waals surface area contributed by atoms with Crippen LogP contribution < -0.4 is 11.1 Å². The number of nitrogens with zero attached hydrogens (tertiary/aromatic N) is 1. The second-order valence-corrected chi connectivity index (χ2v) is 3.25. The molecule has 1 saturated heterocycles. The molecule has 1 radical (unpaired) electrons. The van der Waals surface area contributed by atoms with Gasteiger partial charge in [-0.15, -0.1) is 0 Å². The molecule has 1 aliphatic carbocycles. The molecular formula is C7H13N2. The van der Waals surface area contributed by atoms with Crippen LogP contribution in [0, 0.1) is 11.8 Å². The van der Waals surface area contributed by atoms with E-state index in [1.807, 2.05) is 0 Å². The van der Waals surface area contributed by atoms with Crippen LogP contribution in [0.5, 0.6) is 0 Å². The number of hydrogen-bond donors (Lipinski definition) is 1. The first-order chi connectivity index (χ1) is 4.38. The summed E-state index contributed by atoms with van der Waals surface area (Å²) < 4.78 is 0. The Bertz CT molecular complexity index is 109. The molecule has 0 aromatic heterocycles. The molecule has 1 aliphatic heterocycles. The van der Waals surface area contributed by atoms with Crippen LogP contribution in [-0.4, -0.2) is 19.1 Å². The van der Waals surface area contributed by atoms with Gasteiger partial charge >= 0.3 is 0 Å². The molecular weight excluding hydrogens is 112 g/mol. The van der Waals surface area contributed by atoms with Gasteiger partial charge in [0.15, 0.2) is 0 Å². The molecule has 0 spiro atoms. The van der Waals surface area contributed by atoms with E-state index in [1.54, 1.807) is 0 Å². The number of rotatable bonds is 1. The Kier molecular flexibility index (Phi) is 1.24. The first-order valence-corrected chi connectivity index (χ1v) is 3.77. The molecule has 1 saturated carbocycles. The molecule has 0 aromatic rings. The van der Waals surface area contributed by atoms with Gasteiger partial charge in [0.2, 0.25) is 0 Å². The first kappa shape index (κ1) is 5.69. The summed E-state index contributed by atoms with van der Waals surface area (Å²) in [5.74, 6) is 1.70. The molecule has 51 valence electrons. The van der Waals surface area contributed by atoms with Crippen molar-refractivity contribution in [1.82, 2.24) is 5.32 Å². The minimum Gasteiger partial charge on any atom is -0.326 e. The van der Waals surface area contributed by atoms with Crippen LogP contribution in [-0.2, 0) is 0 Å². The van der Waals surface area contributed by atoms with Gasteiger partial charge in [0.05, 0.1) is 0 Å². The summed E-state index contributed by atoms with van der Waals surface area (Å²) >= 11 is 0. The van der Waals surface area contributed by atoms with Crippen molar-refractivity contribution in [2.45, 2.75) is 18.9 Å². The van der Waals surface area contributed by atoms with Gasteiger partial charge in [-0.1, -0.05) is 0 Å². The first-order valence-electron chi connectivity index (χ1n) is 3.77. The zero-order chi connectivity index (χ0) is 6.27. The second kappa shape index (κ2) is 1.96. The third-order valence-electron chi connectivity index (χ3n) is 2.46. The molecule has 2 fully saturated rings. The van der Waals surface area contributed by atoms with Crippen LogP contribution in [0.15, 0.2) is 0 Å². The highest BCUT2D eigenvalue weighted by atomic mass is 15.0. The van der Waals surface area contributed by atoms with E-state index in [0.717, 1.165) is 24.9 Å². The van der Waals surface area contributed by atoms with Gasteiger partial charge in [0, 0.05) is 19.1 Å². The maximum atomic E-state index is 5.83. The van der Waals surface area contributed by atoms with E-state index in [9.17, 15) is 0 Å². The molecule has 2 rings (SSSR count). The lowest BCUT2D eigenvalue weighted by Gasteiger charge is -2.10. The van der Waals surface area contributed by atoms with Crippen molar-refractivity contribution in [3.05, 3.63) is 0 Å². The number of hydrogen-bond acceptors (Lipinski definition) is 1. The smallest absolute Gasteiger partial charge is 0.0288 e. The van der Waals surface area contributed by atoms with Gasteiger partial charge < -0.3 is 5.73 Å². The van der Waals surface area contributed by atoms with Crippen molar-refractivity contribution in [3.8, 4) is 0 Å². The lowest BCUT2D eigenvalue weighted by atomic mass is 9.99. The minimum absolute atomic E-state index is 0.400. The van der Waals surface area contributed by atoms with Crippen LogP contribution in [0.3, 0.4) is 0 Å². The van der Waals surface area contributed by atoms with Crippen LogP contribution in [0.1, 0.15) is 12.8 Å². The van der Waals surface area contributed by atoms with E-state index < -0.39 is 0 Å². The zero-order valence-electron chi connectivity index (χ0n) is 5.59. The van der Waals surface area contributed by atoms with Crippen molar-refractivity contribution in [3.63, 3.8) is 0 Å². The van der Waals surface area contributed by atoms with Gasteiger partial charge in [-0.2, -0.15) is 0 Å². The average Bonchev–Trinajstić information content (AvgIpc) is 2.58. The van der Waals surface area contributed by atoms with Crippen molar-refractivity contribution in [1.29, 1.82) is 0 Å². The third-order valence-corrected chi connectivity index (χ3v) is 2.46. The van der Waals surface area contributed by atoms with E-state index in [4.69, 9.17) is 5.73 Å². The monoisotopic (exact) mass is 125 g/mol. The lowest BCUT2D eigenvalue weighted by Crippen LogP contribution is -2.29. The Balaban J connectivity index is 1.93. The Labute approximate surface area is 55.8 Å². The molecule has 1 heterocycles. The highest BCUT2D eigenvalue weighted by molar-refractivity contribution is 4.93. The average molecular weight is 125 g/mol. The molecule has 2 heteroatoms. The van der Waals surface area contributed by atoms with Crippen molar-refractivity contribution in [2.75, 3.05) is 13.1 Å². The van der Waals surface area contributed by atoms with Gasteiger partial charge in [-0.3, -0.25) is 0 Å². The highest BCUT2D eigenvalue weighted by Gasteiger charge is 2.37. The minimum atomic E-state index is 0.400. The Hall–Kier alpha value is -0.0800. The Morgan fingerprint density at radius 2 is 2.00 bits per heavy atom. The van der Waals surface area contributed by atoms with E-state index >= 15 is 0 Å². The van der Waals surface area contributed by atoms with E-state index in [-0.39, 0.29) is 0 Å². The molecule has 2 atom stereocenters. The topological polar surface area (TPSA) is 40.1 Å². The zero-order valence-corrected chi connectivity index (χ0v) is 5.59. The predicted molar refractivity (Wildman–Crippen MR) is 36.1 cm³/mol. The number of nitrogens with two attached hydrogens (primary N) is 1. The Morgan fingerprint density at radius 3 is 2.44 bits per heavy atom. The fourth-order valence-corrected chi connectivity index (χ4v) is 1.67. The summed E-state index contributed by atoms with van der Waals surface area (Å²) in [4.78, 5) is 0. The molecule has 2 aliphatic rings. The van der Waals surface area contributed by atoms with Crippen molar-refractivity contribution >= 4 is 0 Å².